The molecular formula is C20H24BrN2O4+. The lowest BCUT2D eigenvalue weighted by molar-refractivity contribution is -0.893. The van der Waals surface area contributed by atoms with Gasteiger partial charge in [-0.2, -0.15) is 0 Å². The maximum absolute atomic E-state index is 11.5. The van der Waals surface area contributed by atoms with Crippen LogP contribution in [-0.4, -0.2) is 54.4 Å². The van der Waals surface area contributed by atoms with E-state index in [1.807, 2.05) is 12.1 Å². The summed E-state index contributed by atoms with van der Waals surface area (Å²) >= 11 is 3.44. The van der Waals surface area contributed by atoms with Crippen LogP contribution in [0.2, 0.25) is 0 Å². The van der Waals surface area contributed by atoms with Gasteiger partial charge >= 0.3 is 0 Å². The largest absolute Gasteiger partial charge is 0.508 e. The monoisotopic (exact) mass is 435 g/mol. The van der Waals surface area contributed by atoms with Crippen molar-refractivity contribution in [3.05, 3.63) is 52.0 Å². The van der Waals surface area contributed by atoms with E-state index in [0.717, 1.165) is 17.4 Å². The fraction of sp³-hybridized carbons (Fsp3) is 0.350. The van der Waals surface area contributed by atoms with Gasteiger partial charge in [0, 0.05) is 22.5 Å². The number of carbonyl (C=O) groups is 1. The summed E-state index contributed by atoms with van der Waals surface area (Å²) in [7, 11) is 4.11. The molecule has 6 nitrogen and oxygen atoms in total. The minimum Gasteiger partial charge on any atom is -0.508 e. The molecule has 0 aliphatic carbocycles. The van der Waals surface area contributed by atoms with Crippen molar-refractivity contribution in [1.82, 2.24) is 0 Å². The second-order valence-electron chi connectivity index (χ2n) is 7.48. The molecule has 27 heavy (non-hydrogen) atoms. The van der Waals surface area contributed by atoms with Crippen LogP contribution < -0.4 is 10.1 Å². The molecule has 1 unspecified atom stereocenters. The molecule has 0 bridgehead atoms. The molecule has 0 spiro atoms. The van der Waals surface area contributed by atoms with Gasteiger partial charge in [-0.15, -0.1) is 0 Å². The van der Waals surface area contributed by atoms with Crippen LogP contribution in [0.1, 0.15) is 17.2 Å². The Labute approximate surface area is 167 Å². The lowest BCUT2D eigenvalue weighted by Gasteiger charge is -2.33. The highest BCUT2D eigenvalue weighted by molar-refractivity contribution is 9.10. The van der Waals surface area contributed by atoms with Crippen molar-refractivity contribution in [3.63, 3.8) is 0 Å². The summed E-state index contributed by atoms with van der Waals surface area (Å²) in [5.74, 6) is 0.126. The lowest BCUT2D eigenvalue weighted by Crippen LogP contribution is -2.44. The van der Waals surface area contributed by atoms with Crippen LogP contribution >= 0.6 is 15.9 Å². The first-order valence-electron chi connectivity index (χ1n) is 8.77. The number of nitrogens with zero attached hydrogens (tertiary/aromatic N) is 1. The Balaban J connectivity index is 1.71. The molecule has 1 amide bonds. The Morgan fingerprint density at radius 1 is 1.26 bits per heavy atom. The van der Waals surface area contributed by atoms with Gasteiger partial charge in [0.15, 0.2) is 6.61 Å². The van der Waals surface area contributed by atoms with Gasteiger partial charge in [0.1, 0.15) is 24.1 Å². The fourth-order valence-electron chi connectivity index (χ4n) is 3.20. The topological polar surface area (TPSA) is 78.8 Å². The van der Waals surface area contributed by atoms with E-state index >= 15 is 0 Å². The normalized spacial score (nSPS) is 14.9. The van der Waals surface area contributed by atoms with E-state index < -0.39 is 6.10 Å². The summed E-state index contributed by atoms with van der Waals surface area (Å²) < 4.78 is 7.15. The number of ether oxygens (including phenoxy) is 1. The number of anilines is 1. The number of rotatable bonds is 6. The number of fused-ring (bicyclic) bond motifs is 1. The zero-order valence-corrected chi connectivity index (χ0v) is 17.0. The number of phenols is 1. The first kappa shape index (κ1) is 19.7. The smallest absolute Gasteiger partial charge is 0.262 e. The SMILES string of the molecule is C[N+](C)(CCc1ccc(Br)cc1)CC(O)c1cc(O)cc2c1OCC(=O)N2. The molecule has 2 aromatic rings. The zero-order chi connectivity index (χ0) is 19.6. The number of halogens is 1. The summed E-state index contributed by atoms with van der Waals surface area (Å²) in [5.41, 5.74) is 2.11. The molecule has 0 aromatic heterocycles. The number of aromatic hydroxyl groups is 1. The van der Waals surface area contributed by atoms with Crippen LogP contribution in [0.3, 0.4) is 0 Å². The molecule has 0 saturated carbocycles. The molecule has 0 fully saturated rings. The average Bonchev–Trinajstić information content (AvgIpc) is 2.59. The van der Waals surface area contributed by atoms with Gasteiger partial charge in [0.2, 0.25) is 0 Å². The third-order valence-corrected chi connectivity index (χ3v) is 5.20. The summed E-state index contributed by atoms with van der Waals surface area (Å²) in [6.07, 6.45) is 0.0540. The Morgan fingerprint density at radius 3 is 2.67 bits per heavy atom. The number of carbonyl (C=O) groups excluding carboxylic acids is 1. The first-order valence-corrected chi connectivity index (χ1v) is 9.57. The highest BCUT2D eigenvalue weighted by Crippen LogP contribution is 2.39. The first-order chi connectivity index (χ1) is 12.7. The summed E-state index contributed by atoms with van der Waals surface area (Å²) in [6.45, 7) is 1.19. The minimum atomic E-state index is -0.833. The summed E-state index contributed by atoms with van der Waals surface area (Å²) in [6, 6.07) is 11.1. The Morgan fingerprint density at radius 2 is 1.96 bits per heavy atom. The molecular weight excluding hydrogens is 412 g/mol. The van der Waals surface area contributed by atoms with Crippen molar-refractivity contribution in [1.29, 1.82) is 0 Å². The number of likely N-dealkylation sites (N-methyl/N-ethyl adjacent to an activating group) is 1. The van der Waals surface area contributed by atoms with Crippen molar-refractivity contribution < 1.29 is 24.2 Å². The molecule has 0 saturated heterocycles. The van der Waals surface area contributed by atoms with Crippen molar-refractivity contribution in [2.45, 2.75) is 12.5 Å². The molecule has 0 radical (unpaired) electrons. The number of aliphatic hydroxyl groups excluding tert-OH is 1. The van der Waals surface area contributed by atoms with Crippen molar-refractivity contribution in [3.8, 4) is 11.5 Å². The summed E-state index contributed by atoms with van der Waals surface area (Å²) in [5, 5.41) is 23.4. The number of hydrogen-bond donors (Lipinski definition) is 3. The van der Waals surface area contributed by atoms with E-state index in [1.165, 1.54) is 17.7 Å². The van der Waals surface area contributed by atoms with E-state index in [0.29, 0.717) is 28.0 Å². The second kappa shape index (κ2) is 7.88. The number of amides is 1. The highest BCUT2D eigenvalue weighted by Gasteiger charge is 2.28. The van der Waals surface area contributed by atoms with Gasteiger partial charge in [0.05, 0.1) is 26.3 Å². The fourth-order valence-corrected chi connectivity index (χ4v) is 3.47. The lowest BCUT2D eigenvalue weighted by atomic mass is 10.0. The quantitative estimate of drug-likeness (QED) is 0.609. The third-order valence-electron chi connectivity index (χ3n) is 4.67. The van der Waals surface area contributed by atoms with Crippen LogP contribution in [0.15, 0.2) is 40.9 Å². The van der Waals surface area contributed by atoms with E-state index in [1.54, 1.807) is 0 Å². The highest BCUT2D eigenvalue weighted by atomic mass is 79.9. The Bertz CT molecular complexity index is 837. The average molecular weight is 436 g/mol. The molecule has 1 atom stereocenters. The van der Waals surface area contributed by atoms with E-state index in [4.69, 9.17) is 4.74 Å². The van der Waals surface area contributed by atoms with Crippen molar-refractivity contribution in [2.24, 2.45) is 0 Å². The molecule has 3 rings (SSSR count). The second-order valence-corrected chi connectivity index (χ2v) is 8.40. The van der Waals surface area contributed by atoms with Crippen molar-refractivity contribution >= 4 is 27.5 Å². The predicted molar refractivity (Wildman–Crippen MR) is 107 cm³/mol. The van der Waals surface area contributed by atoms with Crippen molar-refractivity contribution in [2.75, 3.05) is 39.1 Å². The Kier molecular flexibility index (Phi) is 5.74. The molecule has 1 heterocycles. The molecule has 1 aliphatic rings. The van der Waals surface area contributed by atoms with Gasteiger partial charge in [-0.3, -0.25) is 4.79 Å². The maximum Gasteiger partial charge on any atom is 0.262 e. The van der Waals surface area contributed by atoms with Gasteiger partial charge in [-0.1, -0.05) is 28.1 Å². The third kappa shape index (κ3) is 5.00. The number of hydrogen-bond acceptors (Lipinski definition) is 4. The number of phenolic OH excluding ortho intramolecular Hbond substituents is 1. The maximum atomic E-state index is 11.5. The van der Waals surface area contributed by atoms with E-state index in [-0.39, 0.29) is 18.3 Å². The molecule has 3 N–H and O–H groups in total. The Hall–Kier alpha value is -2.09. The predicted octanol–water partition coefficient (Wildman–Crippen LogP) is 2.84. The molecule has 144 valence electrons. The van der Waals surface area contributed by atoms with Crippen LogP contribution in [-0.2, 0) is 11.2 Å². The van der Waals surface area contributed by atoms with Crippen LogP contribution in [0.25, 0.3) is 0 Å². The van der Waals surface area contributed by atoms with E-state index in [2.05, 4.69) is 47.5 Å². The molecule has 1 aliphatic heterocycles. The van der Waals surface area contributed by atoms with Gasteiger partial charge in [-0.05, 0) is 23.8 Å². The van der Waals surface area contributed by atoms with Gasteiger partial charge < -0.3 is 24.7 Å². The van der Waals surface area contributed by atoms with Crippen LogP contribution in [0.5, 0.6) is 11.5 Å². The van der Waals surface area contributed by atoms with Gasteiger partial charge in [-0.25, -0.2) is 0 Å². The van der Waals surface area contributed by atoms with E-state index in [9.17, 15) is 15.0 Å². The number of aliphatic hydroxyl groups is 1. The molecule has 7 heteroatoms. The zero-order valence-electron chi connectivity index (χ0n) is 15.4. The molecule has 2 aromatic carbocycles. The van der Waals surface area contributed by atoms with Crippen LogP contribution in [0, 0.1) is 0 Å². The van der Waals surface area contributed by atoms with Crippen LogP contribution in [0.4, 0.5) is 5.69 Å². The number of nitrogens with one attached hydrogen (secondary N) is 1. The minimum absolute atomic E-state index is 0.0197. The number of benzene rings is 2. The number of quaternary nitrogens is 1. The van der Waals surface area contributed by atoms with Gasteiger partial charge in [0.25, 0.3) is 5.91 Å². The summed E-state index contributed by atoms with van der Waals surface area (Å²) in [4.78, 5) is 11.5. The standard InChI is InChI=1S/C20H23BrN2O4/c1-23(2,8-7-13-3-5-14(21)6-4-13)11-18(25)16-9-15(24)10-17-20(16)27-12-19(26)22-17/h3-6,9-10,18,25H,7-8,11-12H2,1-2H3,(H-,22,24,26)/p+1.